The molecule has 82 valence electrons. The number of hydrogen-bond acceptors (Lipinski definition) is 2. The summed E-state index contributed by atoms with van der Waals surface area (Å²) in [6.07, 6.45) is 1.37. The number of ether oxygens (including phenoxy) is 1. The van der Waals surface area contributed by atoms with E-state index in [-0.39, 0.29) is 5.78 Å². The lowest BCUT2D eigenvalue weighted by molar-refractivity contribution is 0.0982. The number of carbonyl (C=O) groups is 1. The first-order chi connectivity index (χ1) is 7.19. The summed E-state index contributed by atoms with van der Waals surface area (Å²) in [6.45, 7) is 0. The fourth-order valence-electron chi connectivity index (χ4n) is 1.21. The van der Waals surface area contributed by atoms with Crippen molar-refractivity contribution in [1.82, 2.24) is 0 Å². The second-order valence-corrected chi connectivity index (χ2v) is 4.27. The van der Waals surface area contributed by atoms with Crippen molar-refractivity contribution in [3.8, 4) is 5.75 Å². The van der Waals surface area contributed by atoms with E-state index in [4.69, 9.17) is 16.3 Å². The molecule has 1 aromatic rings. The number of benzene rings is 1. The highest BCUT2D eigenvalue weighted by Gasteiger charge is 2.08. The molecular formula is C11H12BrClO2. The molecule has 15 heavy (non-hydrogen) atoms. The molecular weight excluding hydrogens is 279 g/mol. The minimum Gasteiger partial charge on any atom is -0.495 e. The monoisotopic (exact) mass is 290 g/mol. The largest absolute Gasteiger partial charge is 0.495 e. The third-order valence-electron chi connectivity index (χ3n) is 2.01. The molecule has 0 heterocycles. The van der Waals surface area contributed by atoms with Gasteiger partial charge in [0.15, 0.2) is 5.78 Å². The first-order valence-electron chi connectivity index (χ1n) is 4.61. The van der Waals surface area contributed by atoms with Crippen LogP contribution in [0.4, 0.5) is 0 Å². The zero-order valence-corrected chi connectivity index (χ0v) is 10.8. The van der Waals surface area contributed by atoms with Crippen LogP contribution in [0, 0.1) is 0 Å². The van der Waals surface area contributed by atoms with Crippen LogP contribution in [0.2, 0.25) is 5.02 Å². The standard InChI is InChI=1S/C11H12BrClO2/c1-15-11-5-4-8(7-9(11)13)10(14)3-2-6-12/h4-5,7H,2-3,6H2,1H3. The number of methoxy groups -OCH3 is 1. The second-order valence-electron chi connectivity index (χ2n) is 3.07. The van der Waals surface area contributed by atoms with E-state index in [0.717, 1.165) is 11.8 Å². The normalized spacial score (nSPS) is 10.1. The van der Waals surface area contributed by atoms with Crippen molar-refractivity contribution < 1.29 is 9.53 Å². The molecule has 0 fully saturated rings. The lowest BCUT2D eigenvalue weighted by Crippen LogP contribution is -1.99. The molecule has 0 aliphatic heterocycles. The summed E-state index contributed by atoms with van der Waals surface area (Å²) in [6, 6.07) is 5.10. The lowest BCUT2D eigenvalue weighted by atomic mass is 10.1. The van der Waals surface area contributed by atoms with Gasteiger partial charge in [-0.25, -0.2) is 0 Å². The predicted molar refractivity (Wildman–Crippen MR) is 65.4 cm³/mol. The Bertz CT molecular complexity index is 352. The third kappa shape index (κ3) is 3.50. The number of alkyl halides is 1. The number of Topliss-reactive ketones (excluding diaryl/α,β-unsaturated/α-hetero) is 1. The van der Waals surface area contributed by atoms with Gasteiger partial charge in [-0.1, -0.05) is 27.5 Å². The Kier molecular flexibility index (Phi) is 5.12. The average molecular weight is 292 g/mol. The molecule has 0 saturated heterocycles. The summed E-state index contributed by atoms with van der Waals surface area (Å²) in [5, 5.41) is 1.31. The highest BCUT2D eigenvalue weighted by Crippen LogP contribution is 2.25. The summed E-state index contributed by atoms with van der Waals surface area (Å²) >= 11 is 9.21. The first kappa shape index (κ1) is 12.5. The van der Waals surface area contributed by atoms with Crippen molar-refractivity contribution in [3.63, 3.8) is 0 Å². The maximum Gasteiger partial charge on any atom is 0.162 e. The van der Waals surface area contributed by atoms with Gasteiger partial charge in [-0.2, -0.15) is 0 Å². The highest BCUT2D eigenvalue weighted by atomic mass is 79.9. The Hall–Kier alpha value is -0.540. The van der Waals surface area contributed by atoms with Gasteiger partial charge >= 0.3 is 0 Å². The van der Waals surface area contributed by atoms with Crippen LogP contribution in [-0.2, 0) is 0 Å². The highest BCUT2D eigenvalue weighted by molar-refractivity contribution is 9.09. The van der Waals surface area contributed by atoms with Crippen LogP contribution in [0.25, 0.3) is 0 Å². The van der Waals surface area contributed by atoms with Gasteiger partial charge in [-0.05, 0) is 24.6 Å². The van der Waals surface area contributed by atoms with E-state index in [0.29, 0.717) is 22.8 Å². The number of ketones is 1. The molecule has 2 nitrogen and oxygen atoms in total. The predicted octanol–water partition coefficient (Wildman–Crippen LogP) is 3.71. The Balaban J connectivity index is 2.78. The van der Waals surface area contributed by atoms with Gasteiger partial charge in [-0.3, -0.25) is 4.79 Å². The average Bonchev–Trinajstić information content (AvgIpc) is 2.25. The molecule has 0 N–H and O–H groups in total. The molecule has 1 aromatic carbocycles. The maximum atomic E-state index is 11.6. The van der Waals surface area contributed by atoms with Crippen molar-refractivity contribution in [2.75, 3.05) is 12.4 Å². The van der Waals surface area contributed by atoms with Gasteiger partial charge in [-0.15, -0.1) is 0 Å². The molecule has 0 saturated carbocycles. The van der Waals surface area contributed by atoms with Crippen molar-refractivity contribution in [2.24, 2.45) is 0 Å². The Morgan fingerprint density at radius 3 is 2.80 bits per heavy atom. The SMILES string of the molecule is COc1ccc(C(=O)CCCBr)cc1Cl. The van der Waals surface area contributed by atoms with Crippen molar-refractivity contribution >= 4 is 33.3 Å². The van der Waals surface area contributed by atoms with Crippen LogP contribution >= 0.6 is 27.5 Å². The van der Waals surface area contributed by atoms with Crippen molar-refractivity contribution in [1.29, 1.82) is 0 Å². The molecule has 4 heteroatoms. The van der Waals surface area contributed by atoms with Gasteiger partial charge in [0.2, 0.25) is 0 Å². The molecule has 0 bridgehead atoms. The van der Waals surface area contributed by atoms with Crippen molar-refractivity contribution in [3.05, 3.63) is 28.8 Å². The van der Waals surface area contributed by atoms with Crippen LogP contribution in [0.1, 0.15) is 23.2 Å². The second kappa shape index (κ2) is 6.13. The minimum absolute atomic E-state index is 0.110. The Morgan fingerprint density at radius 2 is 2.27 bits per heavy atom. The van der Waals surface area contributed by atoms with E-state index in [1.807, 2.05) is 0 Å². The fraction of sp³-hybridized carbons (Fsp3) is 0.364. The zero-order chi connectivity index (χ0) is 11.3. The molecule has 0 spiro atoms. The molecule has 1 rings (SSSR count). The summed E-state index contributed by atoms with van der Waals surface area (Å²) in [5.41, 5.74) is 0.641. The third-order valence-corrected chi connectivity index (χ3v) is 2.87. The van der Waals surface area contributed by atoms with Crippen LogP contribution in [-0.4, -0.2) is 18.2 Å². The summed E-state index contributed by atoms with van der Waals surface area (Å²) in [5.74, 6) is 0.702. The molecule has 0 unspecified atom stereocenters. The number of hydrogen-bond donors (Lipinski definition) is 0. The number of carbonyl (C=O) groups excluding carboxylic acids is 1. The first-order valence-corrected chi connectivity index (χ1v) is 6.11. The summed E-state index contributed by atoms with van der Waals surface area (Å²) < 4.78 is 5.01. The van der Waals surface area contributed by atoms with E-state index in [1.54, 1.807) is 25.3 Å². The maximum absolute atomic E-state index is 11.6. The summed E-state index contributed by atoms with van der Waals surface area (Å²) in [4.78, 5) is 11.6. The van der Waals surface area contributed by atoms with Gasteiger partial charge in [0.1, 0.15) is 5.75 Å². The molecule has 0 aliphatic rings. The van der Waals surface area contributed by atoms with Crippen molar-refractivity contribution in [2.45, 2.75) is 12.8 Å². The van der Waals surface area contributed by atoms with E-state index < -0.39 is 0 Å². The lowest BCUT2D eigenvalue weighted by Gasteiger charge is -2.04. The molecule has 0 amide bonds. The van der Waals surface area contributed by atoms with Crippen LogP contribution in [0.15, 0.2) is 18.2 Å². The topological polar surface area (TPSA) is 26.3 Å². The molecule has 0 aromatic heterocycles. The molecule has 0 aliphatic carbocycles. The number of halogens is 2. The van der Waals surface area contributed by atoms with Crippen LogP contribution < -0.4 is 4.74 Å². The number of rotatable bonds is 5. The van der Waals surface area contributed by atoms with E-state index in [2.05, 4.69) is 15.9 Å². The van der Waals surface area contributed by atoms with E-state index in [1.165, 1.54) is 0 Å². The van der Waals surface area contributed by atoms with E-state index >= 15 is 0 Å². The van der Waals surface area contributed by atoms with Gasteiger partial charge in [0, 0.05) is 17.3 Å². The quantitative estimate of drug-likeness (QED) is 0.611. The minimum atomic E-state index is 0.110. The molecule has 0 atom stereocenters. The van der Waals surface area contributed by atoms with Gasteiger partial charge in [0.25, 0.3) is 0 Å². The Labute approximate surface area is 103 Å². The van der Waals surface area contributed by atoms with Crippen LogP contribution in [0.3, 0.4) is 0 Å². The van der Waals surface area contributed by atoms with E-state index in [9.17, 15) is 4.79 Å². The van der Waals surface area contributed by atoms with Crippen LogP contribution in [0.5, 0.6) is 5.75 Å². The fourth-order valence-corrected chi connectivity index (χ4v) is 1.75. The van der Waals surface area contributed by atoms with Gasteiger partial charge < -0.3 is 4.74 Å². The zero-order valence-electron chi connectivity index (χ0n) is 8.43. The summed E-state index contributed by atoms with van der Waals surface area (Å²) in [7, 11) is 1.55. The Morgan fingerprint density at radius 1 is 1.53 bits per heavy atom. The van der Waals surface area contributed by atoms with Gasteiger partial charge in [0.05, 0.1) is 12.1 Å². The smallest absolute Gasteiger partial charge is 0.162 e. The molecule has 0 radical (unpaired) electrons.